The maximum absolute atomic E-state index is 13.5. The van der Waals surface area contributed by atoms with Gasteiger partial charge < -0.3 is 0 Å². The molecule has 0 aliphatic rings. The lowest BCUT2D eigenvalue weighted by Crippen LogP contribution is -2.37. The monoisotopic (exact) mass is 462 g/mol. The lowest BCUT2D eigenvalue weighted by molar-refractivity contribution is 0.664. The molecule has 0 bridgehead atoms. The molecule has 170 valence electrons. The first-order valence-electron chi connectivity index (χ1n) is 10.8. The molecule has 0 N–H and O–H groups in total. The van der Waals surface area contributed by atoms with Crippen LogP contribution in [0.15, 0.2) is 74.1 Å². The number of aromatic nitrogens is 4. The van der Waals surface area contributed by atoms with Gasteiger partial charge in [0, 0.05) is 31.6 Å². The van der Waals surface area contributed by atoms with Gasteiger partial charge in [0.25, 0.3) is 11.1 Å². The molecule has 2 heterocycles. The van der Waals surface area contributed by atoms with Gasteiger partial charge in [-0.3, -0.25) is 23.3 Å². The summed E-state index contributed by atoms with van der Waals surface area (Å²) in [5.41, 5.74) is 2.21. The molecule has 7 nitrogen and oxygen atoms in total. The Bertz CT molecular complexity index is 1500. The first kappa shape index (κ1) is 22.8. The average Bonchev–Trinajstić information content (AvgIpc) is 2.84. The molecule has 0 spiro atoms. The summed E-state index contributed by atoms with van der Waals surface area (Å²) in [7, 11) is 3.08. The SMILES string of the molecule is CCC(C)c1ccc(-n2c(SCc3cc(=O)n(C)c(=O)n3C)nc3ccccc3c2=O)cc1. The van der Waals surface area contributed by atoms with Crippen molar-refractivity contribution in [3.05, 3.63) is 97.0 Å². The number of fused-ring (bicyclic) bond motifs is 1. The van der Waals surface area contributed by atoms with E-state index in [1.165, 1.54) is 35.0 Å². The van der Waals surface area contributed by atoms with Crippen LogP contribution >= 0.6 is 11.8 Å². The molecule has 0 aliphatic carbocycles. The van der Waals surface area contributed by atoms with Crippen LogP contribution in [0, 0.1) is 0 Å². The van der Waals surface area contributed by atoms with Gasteiger partial charge in [-0.1, -0.05) is 49.9 Å². The van der Waals surface area contributed by atoms with E-state index in [1.807, 2.05) is 42.5 Å². The van der Waals surface area contributed by atoms with Crippen molar-refractivity contribution in [3.8, 4) is 5.69 Å². The van der Waals surface area contributed by atoms with Crippen molar-refractivity contribution in [2.45, 2.75) is 37.1 Å². The van der Waals surface area contributed by atoms with Crippen LogP contribution in [0.4, 0.5) is 0 Å². The third-order valence-electron chi connectivity index (χ3n) is 6.05. The van der Waals surface area contributed by atoms with Gasteiger partial charge in [0.2, 0.25) is 0 Å². The van der Waals surface area contributed by atoms with Crippen molar-refractivity contribution >= 4 is 22.7 Å². The molecule has 0 saturated heterocycles. The van der Waals surface area contributed by atoms with Crippen molar-refractivity contribution in [2.24, 2.45) is 14.1 Å². The fourth-order valence-electron chi connectivity index (χ4n) is 3.68. The smallest absolute Gasteiger partial charge is 0.300 e. The van der Waals surface area contributed by atoms with E-state index in [0.717, 1.165) is 16.7 Å². The van der Waals surface area contributed by atoms with E-state index < -0.39 is 0 Å². The molecule has 4 rings (SSSR count). The fraction of sp³-hybridized carbons (Fsp3) is 0.280. The van der Waals surface area contributed by atoms with Crippen molar-refractivity contribution < 1.29 is 0 Å². The summed E-state index contributed by atoms with van der Waals surface area (Å²) in [5.74, 6) is 0.749. The topological polar surface area (TPSA) is 78.9 Å². The summed E-state index contributed by atoms with van der Waals surface area (Å²) in [5, 5.41) is 1.04. The first-order chi connectivity index (χ1) is 15.8. The van der Waals surface area contributed by atoms with Gasteiger partial charge in [-0.25, -0.2) is 9.78 Å². The predicted molar refractivity (Wildman–Crippen MR) is 133 cm³/mol. The fourth-order valence-corrected chi connectivity index (χ4v) is 4.71. The number of nitrogens with zero attached hydrogens (tertiary/aromatic N) is 4. The summed E-state index contributed by atoms with van der Waals surface area (Å²) >= 11 is 1.32. The summed E-state index contributed by atoms with van der Waals surface area (Å²) in [6, 6.07) is 16.7. The van der Waals surface area contributed by atoms with Crippen LogP contribution in [0.5, 0.6) is 0 Å². The number of thioether (sulfide) groups is 1. The van der Waals surface area contributed by atoms with Gasteiger partial charge >= 0.3 is 5.69 Å². The minimum absolute atomic E-state index is 0.155. The molecule has 0 radical (unpaired) electrons. The van der Waals surface area contributed by atoms with Crippen molar-refractivity contribution in [1.82, 2.24) is 18.7 Å². The van der Waals surface area contributed by atoms with E-state index in [-0.39, 0.29) is 16.8 Å². The zero-order valence-corrected chi connectivity index (χ0v) is 19.9. The first-order valence-corrected chi connectivity index (χ1v) is 11.8. The summed E-state index contributed by atoms with van der Waals surface area (Å²) in [6.07, 6.45) is 1.03. The molecule has 0 amide bonds. The summed E-state index contributed by atoms with van der Waals surface area (Å²) in [6.45, 7) is 4.32. The second-order valence-electron chi connectivity index (χ2n) is 8.12. The van der Waals surface area contributed by atoms with Crippen LogP contribution in [0.3, 0.4) is 0 Å². The lowest BCUT2D eigenvalue weighted by Gasteiger charge is -2.15. The quantitative estimate of drug-likeness (QED) is 0.323. The number of benzene rings is 2. The summed E-state index contributed by atoms with van der Waals surface area (Å²) < 4.78 is 4.11. The molecule has 0 aliphatic heterocycles. The second kappa shape index (κ2) is 9.23. The van der Waals surface area contributed by atoms with E-state index in [2.05, 4.69) is 13.8 Å². The number of rotatable bonds is 6. The van der Waals surface area contributed by atoms with E-state index in [1.54, 1.807) is 17.7 Å². The Balaban J connectivity index is 1.82. The molecular formula is C25H26N4O3S. The van der Waals surface area contributed by atoms with Crippen LogP contribution in [-0.2, 0) is 19.8 Å². The van der Waals surface area contributed by atoms with Crippen LogP contribution < -0.4 is 16.8 Å². The molecule has 0 fully saturated rings. The molecule has 33 heavy (non-hydrogen) atoms. The van der Waals surface area contributed by atoms with E-state index in [9.17, 15) is 14.4 Å². The highest BCUT2D eigenvalue weighted by Gasteiger charge is 2.15. The van der Waals surface area contributed by atoms with E-state index in [4.69, 9.17) is 4.98 Å². The van der Waals surface area contributed by atoms with Gasteiger partial charge in [0.15, 0.2) is 5.16 Å². The molecule has 0 saturated carbocycles. The minimum Gasteiger partial charge on any atom is -0.300 e. The largest absolute Gasteiger partial charge is 0.330 e. The Morgan fingerprint density at radius 3 is 2.36 bits per heavy atom. The molecular weight excluding hydrogens is 436 g/mol. The molecule has 4 aromatic rings. The van der Waals surface area contributed by atoms with Gasteiger partial charge in [-0.05, 0) is 42.2 Å². The zero-order chi connectivity index (χ0) is 23.7. The third-order valence-corrected chi connectivity index (χ3v) is 7.02. The van der Waals surface area contributed by atoms with Gasteiger partial charge in [-0.15, -0.1) is 0 Å². The molecule has 8 heteroatoms. The van der Waals surface area contributed by atoms with Crippen LogP contribution in [-0.4, -0.2) is 18.7 Å². The van der Waals surface area contributed by atoms with E-state index in [0.29, 0.717) is 33.4 Å². The van der Waals surface area contributed by atoms with Crippen LogP contribution in [0.25, 0.3) is 16.6 Å². The Morgan fingerprint density at radius 2 is 1.67 bits per heavy atom. The average molecular weight is 463 g/mol. The Labute approximate surface area is 195 Å². The summed E-state index contributed by atoms with van der Waals surface area (Å²) in [4.78, 5) is 42.6. The highest BCUT2D eigenvalue weighted by atomic mass is 32.2. The highest BCUT2D eigenvalue weighted by Crippen LogP contribution is 2.25. The van der Waals surface area contributed by atoms with Gasteiger partial charge in [-0.2, -0.15) is 0 Å². The molecule has 1 atom stereocenters. The zero-order valence-electron chi connectivity index (χ0n) is 19.1. The van der Waals surface area contributed by atoms with Crippen molar-refractivity contribution in [1.29, 1.82) is 0 Å². The Morgan fingerprint density at radius 1 is 0.970 bits per heavy atom. The standard InChI is InChI=1S/C25H26N4O3S/c1-5-16(2)17-10-12-18(13-11-17)29-23(31)20-8-6-7-9-21(20)26-24(29)33-15-19-14-22(30)28(4)25(32)27(19)3/h6-14,16H,5,15H2,1-4H3. The number of hydrogen-bond donors (Lipinski definition) is 0. The number of hydrogen-bond acceptors (Lipinski definition) is 5. The van der Waals surface area contributed by atoms with E-state index >= 15 is 0 Å². The predicted octanol–water partition coefficient (Wildman–Crippen LogP) is 3.59. The Hall–Kier alpha value is -3.39. The molecule has 1 unspecified atom stereocenters. The van der Waals surface area contributed by atoms with Crippen LogP contribution in [0.1, 0.15) is 37.4 Å². The second-order valence-corrected chi connectivity index (χ2v) is 9.06. The lowest BCUT2D eigenvalue weighted by atomic mass is 9.98. The Kier molecular flexibility index (Phi) is 6.37. The number of para-hydroxylation sites is 1. The maximum atomic E-state index is 13.5. The normalized spacial score (nSPS) is 12.2. The van der Waals surface area contributed by atoms with Crippen molar-refractivity contribution in [2.75, 3.05) is 0 Å². The third kappa shape index (κ3) is 4.30. The van der Waals surface area contributed by atoms with Crippen molar-refractivity contribution in [3.63, 3.8) is 0 Å². The van der Waals surface area contributed by atoms with Crippen LogP contribution in [0.2, 0.25) is 0 Å². The maximum Gasteiger partial charge on any atom is 0.330 e. The molecule has 2 aromatic heterocycles. The molecule has 2 aromatic carbocycles. The minimum atomic E-state index is -0.386. The van der Waals surface area contributed by atoms with Gasteiger partial charge in [0.1, 0.15) is 0 Å². The van der Waals surface area contributed by atoms with Gasteiger partial charge in [0.05, 0.1) is 16.6 Å². The highest BCUT2D eigenvalue weighted by molar-refractivity contribution is 7.98.